The molecule has 0 aromatic heterocycles. The van der Waals surface area contributed by atoms with Crippen LogP contribution in [-0.4, -0.2) is 14.7 Å². The van der Waals surface area contributed by atoms with Gasteiger partial charge in [-0.3, -0.25) is 13.7 Å². The lowest BCUT2D eigenvalue weighted by atomic mass is 9.96. The largest absolute Gasteiger partial charge is 0.755 e. The summed E-state index contributed by atoms with van der Waals surface area (Å²) in [5.74, 6) is -0.0974. The maximum Gasteiger partial charge on any atom is 0.231 e. The lowest BCUT2D eigenvalue weighted by molar-refractivity contribution is -0.120. The van der Waals surface area contributed by atoms with Crippen molar-refractivity contribution in [3.63, 3.8) is 0 Å². The second-order valence-electron chi connectivity index (χ2n) is 3.38. The molecule has 0 fully saturated rings. The molecule has 2 atom stereocenters. The van der Waals surface area contributed by atoms with Gasteiger partial charge in [0.1, 0.15) is 0 Å². The summed E-state index contributed by atoms with van der Waals surface area (Å²) in [5.41, 5.74) is 0. The standard InChI is InChI=1S/C9H19NO3S/c1-3-5-6-8(4-2)7-9(11)10-14(12)13/h8H,3-7H2,1-2H3,(H,10,11)(H,12,13)/p-1. The topological polar surface area (TPSA) is 69.2 Å². The number of hydrogen-bond acceptors (Lipinski definition) is 3. The van der Waals surface area contributed by atoms with Gasteiger partial charge in [-0.1, -0.05) is 33.1 Å². The average Bonchev–Trinajstić information content (AvgIpc) is 2.10. The number of nitrogens with one attached hydrogen (secondary N) is 1. The minimum atomic E-state index is -2.47. The van der Waals surface area contributed by atoms with Crippen molar-refractivity contribution in [2.45, 2.75) is 46.0 Å². The Bertz CT molecular complexity index is 196. The Morgan fingerprint density at radius 1 is 1.50 bits per heavy atom. The van der Waals surface area contributed by atoms with Crippen LogP contribution in [-0.2, 0) is 16.1 Å². The van der Waals surface area contributed by atoms with E-state index in [-0.39, 0.29) is 0 Å². The van der Waals surface area contributed by atoms with Crippen molar-refractivity contribution in [2.24, 2.45) is 5.92 Å². The second kappa shape index (κ2) is 7.94. The first-order valence-electron chi connectivity index (χ1n) is 4.98. The molecule has 0 radical (unpaired) electrons. The third-order valence-corrected chi connectivity index (χ3v) is 2.61. The number of carbonyl (C=O) groups excluding carboxylic acids is 1. The molecule has 0 aromatic rings. The molecule has 5 heteroatoms. The molecule has 0 saturated heterocycles. The molecule has 1 amide bonds. The molecule has 0 saturated carbocycles. The SMILES string of the molecule is CCCCC(CC)CC(=O)NS(=O)[O-]. The van der Waals surface area contributed by atoms with Gasteiger partial charge in [0, 0.05) is 17.7 Å². The maximum atomic E-state index is 11.1. The van der Waals surface area contributed by atoms with Crippen molar-refractivity contribution in [3.8, 4) is 0 Å². The van der Waals surface area contributed by atoms with Gasteiger partial charge in [-0.15, -0.1) is 0 Å². The molecule has 0 spiro atoms. The van der Waals surface area contributed by atoms with Crippen LogP contribution in [0.1, 0.15) is 46.0 Å². The fraction of sp³-hybridized carbons (Fsp3) is 0.889. The summed E-state index contributed by atoms with van der Waals surface area (Å²) in [6, 6.07) is 0. The number of hydrogen-bond donors (Lipinski definition) is 1. The van der Waals surface area contributed by atoms with E-state index in [9.17, 15) is 13.6 Å². The van der Waals surface area contributed by atoms with Crippen LogP contribution >= 0.6 is 0 Å². The molecular weight excluding hydrogens is 202 g/mol. The normalized spacial score (nSPS) is 14.8. The summed E-state index contributed by atoms with van der Waals surface area (Å²) in [6.07, 6.45) is 4.41. The molecule has 0 rings (SSSR count). The van der Waals surface area contributed by atoms with E-state index in [1.165, 1.54) is 0 Å². The first kappa shape index (κ1) is 13.6. The van der Waals surface area contributed by atoms with Crippen molar-refractivity contribution < 1.29 is 13.6 Å². The molecule has 2 unspecified atom stereocenters. The van der Waals surface area contributed by atoms with E-state index in [2.05, 4.69) is 6.92 Å². The minimum Gasteiger partial charge on any atom is -0.755 e. The summed E-state index contributed by atoms with van der Waals surface area (Å²) in [4.78, 5) is 11.1. The van der Waals surface area contributed by atoms with E-state index in [0.717, 1.165) is 25.7 Å². The molecule has 1 N–H and O–H groups in total. The van der Waals surface area contributed by atoms with Gasteiger partial charge < -0.3 is 4.55 Å². The van der Waals surface area contributed by atoms with Crippen LogP contribution in [0.4, 0.5) is 0 Å². The summed E-state index contributed by atoms with van der Waals surface area (Å²) >= 11 is -2.47. The Morgan fingerprint density at radius 3 is 2.57 bits per heavy atom. The fourth-order valence-corrected chi connectivity index (χ4v) is 1.61. The Hall–Kier alpha value is -0.420. The van der Waals surface area contributed by atoms with Crippen molar-refractivity contribution in [1.29, 1.82) is 0 Å². The van der Waals surface area contributed by atoms with Crippen molar-refractivity contribution in [1.82, 2.24) is 4.72 Å². The van der Waals surface area contributed by atoms with Crippen molar-refractivity contribution in [2.75, 3.05) is 0 Å². The summed E-state index contributed by atoms with van der Waals surface area (Å²) in [7, 11) is 0. The predicted octanol–water partition coefficient (Wildman–Crippen LogP) is 1.50. The molecule has 0 aliphatic heterocycles. The number of amides is 1. The number of unbranched alkanes of at least 4 members (excludes halogenated alkanes) is 1. The Labute approximate surface area is 87.9 Å². The average molecular weight is 220 g/mol. The minimum absolute atomic E-state index is 0.304. The fourth-order valence-electron chi connectivity index (χ4n) is 1.34. The van der Waals surface area contributed by atoms with E-state index in [1.807, 2.05) is 11.6 Å². The van der Waals surface area contributed by atoms with Crippen LogP contribution in [0.15, 0.2) is 0 Å². The highest BCUT2D eigenvalue weighted by molar-refractivity contribution is 7.77. The first-order chi connectivity index (χ1) is 6.60. The van der Waals surface area contributed by atoms with Gasteiger partial charge in [0.2, 0.25) is 5.91 Å². The molecule has 14 heavy (non-hydrogen) atoms. The highest BCUT2D eigenvalue weighted by Gasteiger charge is 2.11. The maximum absolute atomic E-state index is 11.1. The van der Waals surface area contributed by atoms with E-state index >= 15 is 0 Å². The Kier molecular flexibility index (Phi) is 7.70. The zero-order valence-electron chi connectivity index (χ0n) is 8.75. The van der Waals surface area contributed by atoms with Gasteiger partial charge in [0.15, 0.2) is 0 Å². The summed E-state index contributed by atoms with van der Waals surface area (Å²) in [6.45, 7) is 4.11. The van der Waals surface area contributed by atoms with Crippen LogP contribution in [0.25, 0.3) is 0 Å². The van der Waals surface area contributed by atoms with E-state index < -0.39 is 17.2 Å². The van der Waals surface area contributed by atoms with E-state index in [4.69, 9.17) is 0 Å². The van der Waals surface area contributed by atoms with Crippen molar-refractivity contribution in [3.05, 3.63) is 0 Å². The van der Waals surface area contributed by atoms with Crippen LogP contribution in [0, 0.1) is 5.92 Å². The third-order valence-electron chi connectivity index (χ3n) is 2.21. The predicted molar refractivity (Wildman–Crippen MR) is 55.0 cm³/mol. The van der Waals surface area contributed by atoms with E-state index in [0.29, 0.717) is 12.3 Å². The second-order valence-corrected chi connectivity index (χ2v) is 4.05. The Balaban J connectivity index is 3.79. The molecule has 0 aliphatic rings. The third kappa shape index (κ3) is 7.03. The zero-order chi connectivity index (χ0) is 11.0. The quantitative estimate of drug-likeness (QED) is 0.661. The van der Waals surface area contributed by atoms with E-state index in [1.54, 1.807) is 0 Å². The van der Waals surface area contributed by atoms with Gasteiger partial charge in [0.05, 0.1) is 0 Å². The number of rotatable bonds is 7. The molecular formula is C9H18NO3S-. The van der Waals surface area contributed by atoms with Gasteiger partial charge in [-0.2, -0.15) is 0 Å². The summed E-state index contributed by atoms with van der Waals surface area (Å²) < 4.78 is 22.2. The molecule has 0 bridgehead atoms. The van der Waals surface area contributed by atoms with Crippen LogP contribution < -0.4 is 4.72 Å². The lowest BCUT2D eigenvalue weighted by Crippen LogP contribution is -2.27. The van der Waals surface area contributed by atoms with Crippen molar-refractivity contribution >= 4 is 17.2 Å². The van der Waals surface area contributed by atoms with Gasteiger partial charge >= 0.3 is 0 Å². The molecule has 0 aliphatic carbocycles. The molecule has 0 heterocycles. The highest BCUT2D eigenvalue weighted by Crippen LogP contribution is 2.16. The van der Waals surface area contributed by atoms with Crippen LogP contribution in [0.3, 0.4) is 0 Å². The molecule has 4 nitrogen and oxygen atoms in total. The van der Waals surface area contributed by atoms with Gasteiger partial charge in [-0.05, 0) is 12.3 Å². The monoisotopic (exact) mass is 220 g/mol. The lowest BCUT2D eigenvalue weighted by Gasteiger charge is -2.14. The highest BCUT2D eigenvalue weighted by atomic mass is 32.2. The first-order valence-corrected chi connectivity index (χ1v) is 6.06. The molecule has 84 valence electrons. The van der Waals surface area contributed by atoms with Gasteiger partial charge in [-0.25, -0.2) is 0 Å². The van der Waals surface area contributed by atoms with Gasteiger partial charge in [0.25, 0.3) is 0 Å². The van der Waals surface area contributed by atoms with Crippen LogP contribution in [0.2, 0.25) is 0 Å². The number of carbonyl (C=O) groups is 1. The smallest absolute Gasteiger partial charge is 0.231 e. The Morgan fingerprint density at radius 2 is 2.14 bits per heavy atom. The molecule has 0 aromatic carbocycles. The van der Waals surface area contributed by atoms with Crippen LogP contribution in [0.5, 0.6) is 0 Å². The zero-order valence-corrected chi connectivity index (χ0v) is 9.56. The summed E-state index contributed by atoms with van der Waals surface area (Å²) in [5, 5.41) is 0.